The van der Waals surface area contributed by atoms with Crippen molar-refractivity contribution in [2.45, 2.75) is 37.5 Å². The molecule has 1 aliphatic carbocycles. The van der Waals surface area contributed by atoms with Crippen LogP contribution in [-0.2, 0) is 0 Å². The molecule has 6 nitrogen and oxygen atoms in total. The number of nitrogens with zero attached hydrogens (tertiary/aromatic N) is 3. The van der Waals surface area contributed by atoms with Gasteiger partial charge in [-0.1, -0.05) is 0 Å². The number of aliphatic hydroxyl groups is 1. The monoisotopic (exact) mass is 342 g/mol. The predicted molar refractivity (Wildman–Crippen MR) is 78.3 cm³/mol. The van der Waals surface area contributed by atoms with Gasteiger partial charge in [0, 0.05) is 12.7 Å². The van der Waals surface area contributed by atoms with Crippen LogP contribution < -0.4 is 5.32 Å². The third-order valence-corrected chi connectivity index (χ3v) is 4.42. The summed E-state index contributed by atoms with van der Waals surface area (Å²) in [6.45, 7) is -0.210. The predicted octanol–water partition coefficient (Wildman–Crippen LogP) is 1.94. The van der Waals surface area contributed by atoms with Gasteiger partial charge < -0.3 is 10.4 Å². The number of carbonyl (C=O) groups is 1. The Hall–Kier alpha value is -2.16. The molecule has 2 aromatic heterocycles. The molecule has 0 radical (unpaired) electrons. The molecular weight excluding hydrogens is 325 g/mol. The van der Waals surface area contributed by atoms with Crippen molar-refractivity contribution in [3.63, 3.8) is 0 Å². The maximum Gasteiger partial charge on any atom is 0.391 e. The van der Waals surface area contributed by atoms with E-state index >= 15 is 0 Å². The number of halogens is 3. The SMILES string of the molecule is O=C(NCC1(O)CCCC(C(F)(F)F)C1)c1ccc2nncn2c1. The van der Waals surface area contributed by atoms with E-state index in [0.717, 1.165) is 0 Å². The Morgan fingerprint density at radius 2 is 2.25 bits per heavy atom. The molecule has 1 aliphatic rings. The number of hydrogen-bond donors (Lipinski definition) is 2. The van der Waals surface area contributed by atoms with Crippen LogP contribution in [-0.4, -0.2) is 43.9 Å². The molecule has 2 aromatic rings. The summed E-state index contributed by atoms with van der Waals surface area (Å²) in [7, 11) is 0. The topological polar surface area (TPSA) is 79.5 Å². The minimum atomic E-state index is -4.32. The second-order valence-corrected chi connectivity index (χ2v) is 6.26. The summed E-state index contributed by atoms with van der Waals surface area (Å²) >= 11 is 0. The van der Waals surface area contributed by atoms with Crippen molar-refractivity contribution >= 4 is 11.6 Å². The molecule has 1 fully saturated rings. The van der Waals surface area contributed by atoms with Gasteiger partial charge in [-0.25, -0.2) is 0 Å². The summed E-state index contributed by atoms with van der Waals surface area (Å²) in [6, 6.07) is 3.15. The summed E-state index contributed by atoms with van der Waals surface area (Å²) in [5, 5.41) is 20.4. The largest absolute Gasteiger partial charge is 0.391 e. The van der Waals surface area contributed by atoms with Gasteiger partial charge >= 0.3 is 6.18 Å². The van der Waals surface area contributed by atoms with E-state index in [1.807, 2.05) is 0 Å². The van der Waals surface area contributed by atoms with E-state index in [1.54, 1.807) is 16.5 Å². The molecule has 130 valence electrons. The average molecular weight is 342 g/mol. The van der Waals surface area contributed by atoms with Gasteiger partial charge in [-0.05, 0) is 37.8 Å². The van der Waals surface area contributed by atoms with Crippen molar-refractivity contribution in [2.24, 2.45) is 5.92 Å². The first-order valence-electron chi connectivity index (χ1n) is 7.64. The number of fused-ring (bicyclic) bond motifs is 1. The molecule has 2 heterocycles. The second kappa shape index (κ2) is 6.04. The molecule has 9 heteroatoms. The van der Waals surface area contributed by atoms with Crippen molar-refractivity contribution in [3.05, 3.63) is 30.2 Å². The second-order valence-electron chi connectivity index (χ2n) is 6.26. The Morgan fingerprint density at radius 1 is 1.46 bits per heavy atom. The zero-order valence-corrected chi connectivity index (χ0v) is 12.8. The molecule has 0 saturated heterocycles. The molecule has 2 atom stereocenters. The molecule has 2 N–H and O–H groups in total. The number of pyridine rings is 1. The van der Waals surface area contributed by atoms with Gasteiger partial charge in [-0.2, -0.15) is 13.2 Å². The molecule has 3 rings (SSSR count). The standard InChI is InChI=1S/C15H17F3N4O2/c16-15(17,18)11-2-1-5-14(24,6-11)8-19-13(23)10-3-4-12-21-20-9-22(12)7-10/h3-4,7,9,11,24H,1-2,5-6,8H2,(H,19,23). The Labute approximate surface area is 135 Å². The van der Waals surface area contributed by atoms with E-state index in [0.29, 0.717) is 11.2 Å². The van der Waals surface area contributed by atoms with Crippen LogP contribution in [0.2, 0.25) is 0 Å². The fourth-order valence-corrected chi connectivity index (χ4v) is 3.09. The number of rotatable bonds is 3. The molecule has 0 aromatic carbocycles. The molecule has 2 unspecified atom stereocenters. The zero-order chi connectivity index (χ0) is 17.4. The average Bonchev–Trinajstić information content (AvgIpc) is 2.99. The smallest absolute Gasteiger partial charge is 0.388 e. The minimum Gasteiger partial charge on any atom is -0.388 e. The first-order valence-corrected chi connectivity index (χ1v) is 7.64. The summed E-state index contributed by atoms with van der Waals surface area (Å²) in [5.74, 6) is -1.99. The van der Waals surface area contributed by atoms with Crippen LogP contribution in [0.4, 0.5) is 13.2 Å². The van der Waals surface area contributed by atoms with Crippen molar-refractivity contribution in [2.75, 3.05) is 6.54 Å². The molecule has 0 aliphatic heterocycles. The van der Waals surface area contributed by atoms with Gasteiger partial charge in [0.25, 0.3) is 5.91 Å². The van der Waals surface area contributed by atoms with Crippen LogP contribution in [0.3, 0.4) is 0 Å². The minimum absolute atomic E-state index is 0.0179. The lowest BCUT2D eigenvalue weighted by atomic mass is 9.77. The highest BCUT2D eigenvalue weighted by molar-refractivity contribution is 5.94. The van der Waals surface area contributed by atoms with Gasteiger partial charge in [0.1, 0.15) is 6.33 Å². The van der Waals surface area contributed by atoms with Gasteiger partial charge in [-0.15, -0.1) is 10.2 Å². The van der Waals surface area contributed by atoms with Gasteiger partial charge in [0.05, 0.1) is 17.1 Å². The third kappa shape index (κ3) is 3.50. The van der Waals surface area contributed by atoms with Crippen LogP contribution >= 0.6 is 0 Å². The Morgan fingerprint density at radius 3 is 3.00 bits per heavy atom. The Balaban J connectivity index is 1.64. The molecule has 1 amide bonds. The first-order chi connectivity index (χ1) is 11.3. The fourth-order valence-electron chi connectivity index (χ4n) is 3.09. The molecule has 0 bridgehead atoms. The van der Waals surface area contributed by atoms with E-state index in [2.05, 4.69) is 15.5 Å². The Bertz CT molecular complexity index is 746. The lowest BCUT2D eigenvalue weighted by molar-refractivity contribution is -0.199. The zero-order valence-electron chi connectivity index (χ0n) is 12.8. The van der Waals surface area contributed by atoms with E-state index in [1.165, 1.54) is 12.5 Å². The summed E-state index contributed by atoms with van der Waals surface area (Å²) < 4.78 is 40.1. The third-order valence-electron chi connectivity index (χ3n) is 4.42. The quantitative estimate of drug-likeness (QED) is 0.893. The van der Waals surface area contributed by atoms with Crippen molar-refractivity contribution in [1.29, 1.82) is 0 Å². The molecule has 0 spiro atoms. The van der Waals surface area contributed by atoms with Gasteiger partial charge in [0.15, 0.2) is 5.65 Å². The van der Waals surface area contributed by atoms with E-state index in [9.17, 15) is 23.1 Å². The van der Waals surface area contributed by atoms with Gasteiger partial charge in [-0.3, -0.25) is 9.20 Å². The van der Waals surface area contributed by atoms with Gasteiger partial charge in [0.2, 0.25) is 0 Å². The van der Waals surface area contributed by atoms with E-state index in [-0.39, 0.29) is 32.2 Å². The van der Waals surface area contributed by atoms with Crippen molar-refractivity contribution in [3.8, 4) is 0 Å². The molecule has 24 heavy (non-hydrogen) atoms. The normalized spacial score (nSPS) is 24.9. The molecule has 1 saturated carbocycles. The number of carbonyl (C=O) groups excluding carboxylic acids is 1. The maximum atomic E-state index is 12.9. The number of hydrogen-bond acceptors (Lipinski definition) is 4. The maximum absolute atomic E-state index is 12.9. The van der Waals surface area contributed by atoms with Crippen molar-refractivity contribution in [1.82, 2.24) is 19.9 Å². The van der Waals surface area contributed by atoms with Crippen LogP contribution in [0.5, 0.6) is 0 Å². The summed E-state index contributed by atoms with van der Waals surface area (Å²) in [6.07, 6.45) is -1.21. The van der Waals surface area contributed by atoms with Crippen molar-refractivity contribution < 1.29 is 23.1 Å². The highest BCUT2D eigenvalue weighted by Crippen LogP contribution is 2.41. The number of amides is 1. The summed E-state index contributed by atoms with van der Waals surface area (Å²) in [4.78, 5) is 12.2. The van der Waals surface area contributed by atoms with E-state index < -0.39 is 23.6 Å². The highest BCUT2D eigenvalue weighted by Gasteiger charge is 2.47. The van der Waals surface area contributed by atoms with Crippen LogP contribution in [0.1, 0.15) is 36.0 Å². The number of nitrogens with one attached hydrogen (secondary N) is 1. The highest BCUT2D eigenvalue weighted by atomic mass is 19.4. The Kier molecular flexibility index (Phi) is 4.20. The lowest BCUT2D eigenvalue weighted by Gasteiger charge is -2.37. The number of aromatic nitrogens is 3. The van der Waals surface area contributed by atoms with Crippen LogP contribution in [0, 0.1) is 5.92 Å². The fraction of sp³-hybridized carbons (Fsp3) is 0.533. The van der Waals surface area contributed by atoms with Crippen LogP contribution in [0.15, 0.2) is 24.7 Å². The molecular formula is C15H17F3N4O2. The number of alkyl halides is 3. The first kappa shape index (κ1) is 16.7. The lowest BCUT2D eigenvalue weighted by Crippen LogP contribution is -2.48. The van der Waals surface area contributed by atoms with Crippen LogP contribution in [0.25, 0.3) is 5.65 Å². The van der Waals surface area contributed by atoms with E-state index in [4.69, 9.17) is 0 Å². The summed E-state index contributed by atoms with van der Waals surface area (Å²) in [5.41, 5.74) is -0.644.